The van der Waals surface area contributed by atoms with E-state index in [4.69, 9.17) is 19.4 Å². The van der Waals surface area contributed by atoms with E-state index in [9.17, 15) is 9.90 Å². The van der Waals surface area contributed by atoms with E-state index in [1.807, 2.05) is 19.1 Å². The van der Waals surface area contributed by atoms with Crippen molar-refractivity contribution in [3.05, 3.63) is 45.8 Å². The van der Waals surface area contributed by atoms with Gasteiger partial charge in [0.2, 0.25) is 0 Å². The molecule has 0 amide bonds. The first-order valence-corrected chi connectivity index (χ1v) is 16.4. The molecule has 1 aliphatic heterocycles. The third-order valence-electron chi connectivity index (χ3n) is 7.54. The Labute approximate surface area is 237 Å². The fraction of sp³-hybridized carbons (Fsp3) is 0.567. The second kappa shape index (κ2) is 14.5. The molecule has 208 valence electrons. The van der Waals surface area contributed by atoms with Crippen molar-refractivity contribution in [1.82, 2.24) is 9.97 Å². The summed E-state index contributed by atoms with van der Waals surface area (Å²) in [5, 5.41) is 10.4. The number of fused-ring (bicyclic) bond motifs is 1. The van der Waals surface area contributed by atoms with E-state index in [1.165, 1.54) is 32.1 Å². The predicted octanol–water partition coefficient (Wildman–Crippen LogP) is 1.62. The van der Waals surface area contributed by atoms with E-state index in [0.29, 0.717) is 30.7 Å². The maximum atomic E-state index is 11.2. The summed E-state index contributed by atoms with van der Waals surface area (Å²) >= 11 is -0.448. The minimum absolute atomic E-state index is 0.0558. The number of rotatable bonds is 12. The van der Waals surface area contributed by atoms with E-state index < -0.39 is 21.2 Å². The van der Waals surface area contributed by atoms with Crippen LogP contribution in [0.4, 0.5) is 5.82 Å². The van der Waals surface area contributed by atoms with Gasteiger partial charge in [-0.3, -0.25) is 0 Å². The van der Waals surface area contributed by atoms with Gasteiger partial charge < -0.3 is 0 Å². The summed E-state index contributed by atoms with van der Waals surface area (Å²) in [4.78, 5) is 23.9. The Morgan fingerprint density at radius 2 is 2.13 bits per heavy atom. The van der Waals surface area contributed by atoms with Crippen LogP contribution in [0, 0.1) is 9.75 Å². The second-order valence-corrected chi connectivity index (χ2v) is 13.0. The zero-order valence-electron chi connectivity index (χ0n) is 22.7. The summed E-state index contributed by atoms with van der Waals surface area (Å²) in [7, 11) is 0. The molecule has 1 aromatic heterocycles. The third kappa shape index (κ3) is 7.40. The summed E-state index contributed by atoms with van der Waals surface area (Å²) < 4.78 is 13.7. The summed E-state index contributed by atoms with van der Waals surface area (Å²) in [5.74, 6) is 1.61. The van der Waals surface area contributed by atoms with E-state index in [1.54, 1.807) is 6.92 Å². The monoisotopic (exact) mass is 634 g/mol. The van der Waals surface area contributed by atoms with Gasteiger partial charge in [-0.25, -0.2) is 0 Å². The van der Waals surface area contributed by atoms with Crippen molar-refractivity contribution in [3.63, 3.8) is 0 Å². The molecule has 7 nitrogen and oxygen atoms in total. The number of allylic oxidation sites excluding steroid dienone is 3. The Balaban J connectivity index is 1.68. The number of carbonyl (C=O) groups is 1. The van der Waals surface area contributed by atoms with Crippen LogP contribution in [0.1, 0.15) is 57.9 Å². The average Bonchev–Trinajstić information content (AvgIpc) is 2.97. The van der Waals surface area contributed by atoms with Crippen molar-refractivity contribution in [3.8, 4) is 0 Å². The molecule has 4 rings (SSSR count). The van der Waals surface area contributed by atoms with Gasteiger partial charge in [0.05, 0.1) is 0 Å². The molecule has 0 radical (unpaired) electrons. The van der Waals surface area contributed by atoms with Crippen LogP contribution in [-0.2, 0) is 14.3 Å². The van der Waals surface area contributed by atoms with Crippen LogP contribution in [0.5, 0.6) is 0 Å². The molecule has 2 aromatic rings. The number of nitrogens with zero attached hydrogens (tertiary/aromatic N) is 3. The van der Waals surface area contributed by atoms with Crippen LogP contribution < -0.4 is 26.1 Å². The van der Waals surface area contributed by atoms with E-state index in [-0.39, 0.29) is 12.7 Å². The van der Waals surface area contributed by atoms with Crippen LogP contribution in [0.2, 0.25) is 0 Å². The van der Waals surface area contributed by atoms with Crippen LogP contribution in [0.25, 0.3) is 16.5 Å². The predicted molar refractivity (Wildman–Crippen MR) is 148 cm³/mol. The molecule has 1 unspecified atom stereocenters. The summed E-state index contributed by atoms with van der Waals surface area (Å²) in [6.45, 7) is 11.0. The fourth-order valence-corrected chi connectivity index (χ4v) is 7.17. The molecule has 1 aliphatic carbocycles. The van der Waals surface area contributed by atoms with Crippen LogP contribution in [0.3, 0.4) is 0 Å². The van der Waals surface area contributed by atoms with Gasteiger partial charge in [-0.05, 0) is 0 Å². The Hall–Kier alpha value is -1.88. The SMILES string of the molecule is C=C(/C=C(/C)C=O)c1ccc2nc([I-]CCOC(CC)CO)nc(N3CCOC[C@@H]3C3CCCCC3)c2c1. The van der Waals surface area contributed by atoms with E-state index >= 15 is 0 Å². The van der Waals surface area contributed by atoms with Gasteiger partial charge in [-0.15, -0.1) is 0 Å². The molecular formula is C30H41IN3O4-. The number of aldehydes is 1. The Morgan fingerprint density at radius 1 is 1.32 bits per heavy atom. The zero-order chi connectivity index (χ0) is 26.9. The average molecular weight is 635 g/mol. The first-order chi connectivity index (χ1) is 18.5. The maximum absolute atomic E-state index is 11.2. The normalized spacial score (nSPS) is 20.1. The molecule has 0 bridgehead atoms. The number of halogens is 1. The minimum atomic E-state index is -0.448. The van der Waals surface area contributed by atoms with Crippen molar-refractivity contribution in [1.29, 1.82) is 0 Å². The molecule has 38 heavy (non-hydrogen) atoms. The Kier molecular flexibility index (Phi) is 11.1. The van der Waals surface area contributed by atoms with Gasteiger partial charge in [0.25, 0.3) is 0 Å². The van der Waals surface area contributed by atoms with Gasteiger partial charge in [0.15, 0.2) is 0 Å². The van der Waals surface area contributed by atoms with Crippen molar-refractivity contribution < 1.29 is 40.6 Å². The number of ether oxygens (including phenoxy) is 2. The molecule has 1 saturated heterocycles. The molecule has 2 fully saturated rings. The quantitative estimate of drug-likeness (QED) is 0.0723. The van der Waals surface area contributed by atoms with E-state index in [2.05, 4.69) is 23.6 Å². The number of benzene rings is 1. The molecule has 8 heteroatoms. The van der Waals surface area contributed by atoms with Crippen molar-refractivity contribution in [2.75, 3.05) is 42.3 Å². The van der Waals surface area contributed by atoms with Crippen LogP contribution >= 0.6 is 0 Å². The number of aliphatic hydroxyl groups is 1. The molecule has 1 N–H and O–H groups in total. The van der Waals surface area contributed by atoms with Crippen molar-refractivity contribution in [2.24, 2.45) is 5.92 Å². The Morgan fingerprint density at radius 3 is 2.87 bits per heavy atom. The van der Waals surface area contributed by atoms with Gasteiger partial charge in [0.1, 0.15) is 0 Å². The molecular weight excluding hydrogens is 593 g/mol. The van der Waals surface area contributed by atoms with Gasteiger partial charge in [-0.1, -0.05) is 0 Å². The van der Waals surface area contributed by atoms with Crippen LogP contribution in [-0.4, -0.2) is 70.9 Å². The third-order valence-corrected chi connectivity index (χ3v) is 9.69. The first-order valence-electron chi connectivity index (χ1n) is 13.8. The number of hydrogen-bond donors (Lipinski definition) is 1. The molecule has 1 aromatic carbocycles. The molecule has 2 atom stereocenters. The van der Waals surface area contributed by atoms with Crippen molar-refractivity contribution in [2.45, 2.75) is 64.5 Å². The standard InChI is InChI=1S/C30H41IN3O4/c1-4-25(19-36)38-14-12-31-30-32-27-11-10-24(22(3)16-21(2)18-35)17-26(27)29(33-30)34-13-15-37-20-28(34)23-8-6-5-7-9-23/h10-11,16-18,23,25,28,36H,3-9,12-15,19-20H2,1-2H3/q-1/b21-16-/t25?,28-/m1/s1. The van der Waals surface area contributed by atoms with E-state index in [0.717, 1.165) is 62.0 Å². The second-order valence-electron chi connectivity index (χ2n) is 10.2. The number of morpholine rings is 1. The number of hydrogen-bond acceptors (Lipinski definition) is 7. The van der Waals surface area contributed by atoms with Gasteiger partial charge in [-0.2, -0.15) is 0 Å². The van der Waals surface area contributed by atoms with Gasteiger partial charge >= 0.3 is 238 Å². The van der Waals surface area contributed by atoms with Gasteiger partial charge in [0, 0.05) is 0 Å². The molecule has 2 heterocycles. The topological polar surface area (TPSA) is 84.8 Å². The number of anilines is 1. The summed E-state index contributed by atoms with van der Waals surface area (Å²) in [6, 6.07) is 6.54. The zero-order valence-corrected chi connectivity index (χ0v) is 24.9. The Bertz CT molecular complexity index is 1130. The summed E-state index contributed by atoms with van der Waals surface area (Å²) in [5.41, 5.74) is 3.35. The number of alkyl halides is 1. The number of aromatic nitrogens is 2. The molecule has 0 spiro atoms. The molecule has 1 saturated carbocycles. The number of aliphatic hydroxyl groups excluding tert-OH is 1. The number of carbonyl (C=O) groups excluding carboxylic acids is 1. The van der Waals surface area contributed by atoms with Crippen molar-refractivity contribution >= 4 is 28.6 Å². The fourth-order valence-electron chi connectivity index (χ4n) is 5.38. The summed E-state index contributed by atoms with van der Waals surface area (Å²) in [6.07, 6.45) is 9.77. The van der Waals surface area contributed by atoms with Crippen LogP contribution in [0.15, 0.2) is 36.4 Å². The first kappa shape index (κ1) is 29.1. The molecule has 2 aliphatic rings.